The quantitative estimate of drug-likeness (QED) is 0.273. The number of nitrogens with one attached hydrogen (secondary N) is 3. The summed E-state index contributed by atoms with van der Waals surface area (Å²) >= 11 is 0. The van der Waals surface area contributed by atoms with Crippen LogP contribution in [0.25, 0.3) is 17.0 Å². The van der Waals surface area contributed by atoms with E-state index in [-0.39, 0.29) is 23.7 Å². The standard InChI is InChI=1S/C32H43N5O5/c1-8-11-20(5)29(38)35-28(19(3)4)30(39)33-21(6)31(40)37-17-10-12-26(36-37)32(41)42-22(7)25-16-15-24-14-13-23(9-2)18-27(24)34-25/h8-9,11,13-16,18-22,26,28,36H,2,10,12,17H2,1,3-7H3,(H,33,39)(H,35,38)/t20-,21-,22+,26-,28-/m0/s1. The van der Waals surface area contributed by atoms with Gasteiger partial charge in [0.25, 0.3) is 5.91 Å². The molecule has 0 bridgehead atoms. The lowest BCUT2D eigenvalue weighted by Gasteiger charge is -2.35. The second-order valence-electron chi connectivity index (χ2n) is 11.1. The van der Waals surface area contributed by atoms with Crippen LogP contribution < -0.4 is 16.1 Å². The molecule has 1 aromatic heterocycles. The Morgan fingerprint density at radius 2 is 1.79 bits per heavy atom. The van der Waals surface area contributed by atoms with Crippen molar-refractivity contribution in [2.75, 3.05) is 6.54 Å². The monoisotopic (exact) mass is 577 g/mol. The zero-order valence-corrected chi connectivity index (χ0v) is 25.3. The number of rotatable bonds is 11. The van der Waals surface area contributed by atoms with Gasteiger partial charge >= 0.3 is 5.97 Å². The van der Waals surface area contributed by atoms with Crippen LogP contribution in [0, 0.1) is 11.8 Å². The van der Waals surface area contributed by atoms with Crippen LogP contribution in [-0.2, 0) is 23.9 Å². The largest absolute Gasteiger partial charge is 0.455 e. The molecule has 0 aliphatic carbocycles. The van der Waals surface area contributed by atoms with Gasteiger partial charge in [0, 0.05) is 11.9 Å². The minimum atomic E-state index is -0.882. The Labute approximate surface area is 247 Å². The van der Waals surface area contributed by atoms with Crippen molar-refractivity contribution in [3.05, 3.63) is 60.3 Å². The highest BCUT2D eigenvalue weighted by molar-refractivity contribution is 5.92. The lowest BCUT2D eigenvalue weighted by atomic mass is 10.0. The van der Waals surface area contributed by atoms with E-state index >= 15 is 0 Å². The molecule has 0 radical (unpaired) electrons. The van der Waals surface area contributed by atoms with E-state index in [0.29, 0.717) is 25.1 Å². The molecular weight excluding hydrogens is 534 g/mol. The molecule has 1 saturated heterocycles. The highest BCUT2D eigenvalue weighted by atomic mass is 16.5. The number of esters is 1. The first-order valence-corrected chi connectivity index (χ1v) is 14.5. The Morgan fingerprint density at radius 1 is 1.07 bits per heavy atom. The molecule has 3 amide bonds. The van der Waals surface area contributed by atoms with Crippen molar-refractivity contribution in [2.24, 2.45) is 11.8 Å². The summed E-state index contributed by atoms with van der Waals surface area (Å²) < 4.78 is 5.73. The first-order valence-electron chi connectivity index (χ1n) is 14.5. The molecule has 226 valence electrons. The second kappa shape index (κ2) is 14.7. The van der Waals surface area contributed by atoms with Crippen LogP contribution >= 0.6 is 0 Å². The third-order valence-electron chi connectivity index (χ3n) is 7.29. The van der Waals surface area contributed by atoms with Gasteiger partial charge in [-0.15, -0.1) is 0 Å². The number of benzene rings is 1. The van der Waals surface area contributed by atoms with Crippen LogP contribution in [0.5, 0.6) is 0 Å². The van der Waals surface area contributed by atoms with Crippen LogP contribution in [0.1, 0.15) is 71.7 Å². The predicted molar refractivity (Wildman–Crippen MR) is 163 cm³/mol. The number of pyridine rings is 1. The fraction of sp³-hybridized carbons (Fsp3) is 0.469. The number of carbonyl (C=O) groups is 4. The summed E-state index contributed by atoms with van der Waals surface area (Å²) in [6.07, 6.45) is 5.76. The molecule has 2 heterocycles. The van der Waals surface area contributed by atoms with Crippen LogP contribution in [0.4, 0.5) is 0 Å². The Balaban J connectivity index is 1.59. The Kier molecular flexibility index (Phi) is 11.4. The number of nitrogens with zero attached hydrogens (tertiary/aromatic N) is 2. The van der Waals surface area contributed by atoms with E-state index in [9.17, 15) is 19.2 Å². The van der Waals surface area contributed by atoms with Gasteiger partial charge in [0.2, 0.25) is 11.8 Å². The number of hydrazine groups is 1. The van der Waals surface area contributed by atoms with E-state index in [4.69, 9.17) is 4.74 Å². The topological polar surface area (TPSA) is 130 Å². The zero-order valence-electron chi connectivity index (χ0n) is 25.3. The van der Waals surface area contributed by atoms with E-state index in [0.717, 1.165) is 16.5 Å². The van der Waals surface area contributed by atoms with Gasteiger partial charge in [-0.1, -0.05) is 63.8 Å². The summed E-state index contributed by atoms with van der Waals surface area (Å²) in [7, 11) is 0. The third kappa shape index (κ3) is 8.25. The summed E-state index contributed by atoms with van der Waals surface area (Å²) in [4.78, 5) is 56.4. The summed E-state index contributed by atoms with van der Waals surface area (Å²) in [5, 5.41) is 7.83. The van der Waals surface area contributed by atoms with Gasteiger partial charge in [0.05, 0.1) is 17.1 Å². The van der Waals surface area contributed by atoms with Crippen molar-refractivity contribution in [1.82, 2.24) is 26.1 Å². The van der Waals surface area contributed by atoms with E-state index in [1.54, 1.807) is 39.0 Å². The molecular formula is C32H43N5O5. The van der Waals surface area contributed by atoms with Crippen LogP contribution in [0.2, 0.25) is 0 Å². The van der Waals surface area contributed by atoms with Crippen molar-refractivity contribution in [3.63, 3.8) is 0 Å². The zero-order chi connectivity index (χ0) is 31.0. The van der Waals surface area contributed by atoms with Gasteiger partial charge in [-0.05, 0) is 57.2 Å². The number of amides is 3. The van der Waals surface area contributed by atoms with Crippen molar-refractivity contribution in [2.45, 2.75) is 78.6 Å². The van der Waals surface area contributed by atoms with E-state index in [1.165, 1.54) is 5.01 Å². The average molecular weight is 578 g/mol. The second-order valence-corrected chi connectivity index (χ2v) is 11.1. The van der Waals surface area contributed by atoms with Gasteiger partial charge in [-0.2, -0.15) is 0 Å². The highest BCUT2D eigenvalue weighted by Gasteiger charge is 2.34. The molecule has 0 unspecified atom stereocenters. The first kappa shape index (κ1) is 32.5. The first-order chi connectivity index (χ1) is 19.9. The minimum absolute atomic E-state index is 0.190. The number of hydrogen-bond acceptors (Lipinski definition) is 7. The van der Waals surface area contributed by atoms with Gasteiger partial charge < -0.3 is 15.4 Å². The summed E-state index contributed by atoms with van der Waals surface area (Å²) in [6.45, 7) is 14.7. The normalized spacial score (nSPS) is 18.3. The Morgan fingerprint density at radius 3 is 2.45 bits per heavy atom. The average Bonchev–Trinajstić information content (AvgIpc) is 2.98. The number of allylic oxidation sites excluding steroid dienone is 1. The van der Waals surface area contributed by atoms with Crippen molar-refractivity contribution >= 4 is 40.7 Å². The van der Waals surface area contributed by atoms with E-state index in [2.05, 4.69) is 27.6 Å². The number of fused-ring (bicyclic) bond motifs is 1. The van der Waals surface area contributed by atoms with E-state index in [1.807, 2.05) is 51.1 Å². The number of aromatic nitrogens is 1. The molecule has 1 aliphatic rings. The Hall–Kier alpha value is -4.05. The molecule has 1 fully saturated rings. The lowest BCUT2D eigenvalue weighted by molar-refractivity contribution is -0.157. The molecule has 0 saturated carbocycles. The third-order valence-corrected chi connectivity index (χ3v) is 7.29. The fourth-order valence-corrected chi connectivity index (χ4v) is 4.73. The molecule has 0 spiro atoms. The summed E-state index contributed by atoms with van der Waals surface area (Å²) in [5.74, 6) is -2.17. The predicted octanol–water partition coefficient (Wildman–Crippen LogP) is 3.84. The maximum atomic E-state index is 13.2. The molecule has 1 aromatic carbocycles. The number of carbonyl (C=O) groups excluding carboxylic acids is 4. The van der Waals surface area contributed by atoms with Crippen LogP contribution in [-0.4, -0.2) is 58.4 Å². The highest BCUT2D eigenvalue weighted by Crippen LogP contribution is 2.22. The smallest absolute Gasteiger partial charge is 0.325 e. The molecule has 10 nitrogen and oxygen atoms in total. The Bertz CT molecular complexity index is 1340. The minimum Gasteiger partial charge on any atom is -0.455 e. The lowest BCUT2D eigenvalue weighted by Crippen LogP contribution is -2.61. The maximum Gasteiger partial charge on any atom is 0.325 e. The molecule has 1 aliphatic heterocycles. The molecule has 42 heavy (non-hydrogen) atoms. The van der Waals surface area contributed by atoms with Crippen molar-refractivity contribution < 1.29 is 23.9 Å². The summed E-state index contributed by atoms with van der Waals surface area (Å²) in [5.41, 5.74) is 5.31. The molecule has 3 N–H and O–H groups in total. The molecule has 10 heteroatoms. The van der Waals surface area contributed by atoms with Crippen molar-refractivity contribution in [1.29, 1.82) is 0 Å². The number of ether oxygens (including phenoxy) is 1. The van der Waals surface area contributed by atoms with Crippen molar-refractivity contribution in [3.8, 4) is 0 Å². The van der Waals surface area contributed by atoms with Gasteiger partial charge in [-0.3, -0.25) is 24.2 Å². The molecule has 5 atom stereocenters. The molecule has 2 aromatic rings. The fourth-order valence-electron chi connectivity index (χ4n) is 4.73. The SMILES string of the molecule is C=Cc1ccc2ccc([C@@H](C)OC(=O)[C@@H]3CCCN(C(=O)[C@H](C)NC(=O)[C@@H](NC(=O)[C@@H](C)C=CC)C(C)C)N3)nc2c1. The molecule has 3 rings (SSSR count). The summed E-state index contributed by atoms with van der Waals surface area (Å²) in [6, 6.07) is 7.20. The number of hydrogen-bond donors (Lipinski definition) is 3. The van der Waals surface area contributed by atoms with Gasteiger partial charge in [0.1, 0.15) is 24.2 Å². The van der Waals surface area contributed by atoms with E-state index < -0.39 is 36.1 Å². The van der Waals surface area contributed by atoms with Crippen LogP contribution in [0.15, 0.2) is 49.1 Å². The maximum absolute atomic E-state index is 13.2. The van der Waals surface area contributed by atoms with Gasteiger partial charge in [0.15, 0.2) is 0 Å². The van der Waals surface area contributed by atoms with Crippen LogP contribution in [0.3, 0.4) is 0 Å². The van der Waals surface area contributed by atoms with Gasteiger partial charge in [-0.25, -0.2) is 10.4 Å².